The second kappa shape index (κ2) is 17.1. The molecule has 0 spiro atoms. The molecule has 270 valence electrons. The van der Waals surface area contributed by atoms with Crippen molar-refractivity contribution in [2.24, 2.45) is 0 Å². The Kier molecular flexibility index (Phi) is 12.7. The third-order valence-electron chi connectivity index (χ3n) is 9.18. The number of nitrogens with zero attached hydrogens (tertiary/aromatic N) is 2. The fraction of sp³-hybridized carbons (Fsp3) is 0.350. The van der Waals surface area contributed by atoms with Crippen molar-refractivity contribution in [1.29, 1.82) is 0 Å². The van der Waals surface area contributed by atoms with Gasteiger partial charge in [0.05, 0.1) is 24.8 Å². The first-order chi connectivity index (χ1) is 24.5. The van der Waals surface area contributed by atoms with E-state index in [4.69, 9.17) is 21.1 Å². The Bertz CT molecular complexity index is 1910. The third kappa shape index (κ3) is 9.62. The maximum absolute atomic E-state index is 14.9. The number of carbonyl (C=O) groups is 2. The number of nitrogens with one attached hydrogen (secondary N) is 1. The van der Waals surface area contributed by atoms with E-state index in [0.29, 0.717) is 22.0 Å². The summed E-state index contributed by atoms with van der Waals surface area (Å²) in [6, 6.07) is 25.5. The van der Waals surface area contributed by atoms with Gasteiger partial charge >= 0.3 is 0 Å². The minimum absolute atomic E-state index is 0.00448. The highest BCUT2D eigenvalue weighted by Crippen LogP contribution is 2.33. The minimum Gasteiger partial charge on any atom is -0.493 e. The van der Waals surface area contributed by atoms with Gasteiger partial charge in [0.1, 0.15) is 12.6 Å². The second-order valence-corrected chi connectivity index (χ2v) is 15.4. The molecular formula is C40H46ClN3O6S. The maximum Gasteiger partial charge on any atom is 0.264 e. The average Bonchev–Trinajstić information content (AvgIpc) is 3.12. The number of halogens is 1. The number of aryl methyl sites for hydroxylation is 2. The molecule has 1 aliphatic carbocycles. The molecule has 1 atom stereocenters. The van der Waals surface area contributed by atoms with Gasteiger partial charge in [-0.3, -0.25) is 13.9 Å². The Labute approximate surface area is 306 Å². The molecule has 1 aliphatic rings. The number of ether oxygens (including phenoxy) is 2. The van der Waals surface area contributed by atoms with Crippen molar-refractivity contribution in [2.75, 3.05) is 25.1 Å². The second-order valence-electron chi connectivity index (χ2n) is 13.1. The lowest BCUT2D eigenvalue weighted by Crippen LogP contribution is -2.55. The lowest BCUT2D eigenvalue weighted by atomic mass is 9.94. The van der Waals surface area contributed by atoms with Gasteiger partial charge in [-0.1, -0.05) is 79.4 Å². The largest absolute Gasteiger partial charge is 0.493 e. The van der Waals surface area contributed by atoms with Gasteiger partial charge < -0.3 is 19.7 Å². The van der Waals surface area contributed by atoms with E-state index in [2.05, 4.69) is 5.32 Å². The summed E-state index contributed by atoms with van der Waals surface area (Å²) < 4.78 is 41.1. The fourth-order valence-corrected chi connectivity index (χ4v) is 8.28. The van der Waals surface area contributed by atoms with Crippen LogP contribution in [0.1, 0.15) is 54.4 Å². The van der Waals surface area contributed by atoms with Gasteiger partial charge in [0.15, 0.2) is 11.5 Å². The molecule has 0 aliphatic heterocycles. The standard InChI is InChI=1S/C40H46ClN3O6S/c1-28-20-29(2)22-34(21-28)44(51(47,48)35-18-19-37(49-3)38(25-35)50-4)27-39(45)43(26-31-14-11-15-32(41)23-31)36(24-30-12-7-5-8-13-30)40(46)42-33-16-9-6-10-17-33/h5,7-8,11-15,18-23,25,33,36H,6,9-10,16-17,24,26-27H2,1-4H3,(H,42,46)/t36-/m0/s1. The van der Waals surface area contributed by atoms with E-state index in [-0.39, 0.29) is 35.6 Å². The van der Waals surface area contributed by atoms with Crippen molar-refractivity contribution in [2.45, 2.75) is 75.9 Å². The van der Waals surface area contributed by atoms with Crippen molar-refractivity contribution < 1.29 is 27.5 Å². The summed E-state index contributed by atoms with van der Waals surface area (Å²) in [6.45, 7) is 3.21. The number of benzene rings is 4. The van der Waals surface area contributed by atoms with E-state index in [1.165, 1.54) is 37.3 Å². The zero-order valence-corrected chi connectivity index (χ0v) is 31.2. The molecule has 1 N–H and O–H groups in total. The average molecular weight is 732 g/mol. The lowest BCUT2D eigenvalue weighted by molar-refractivity contribution is -0.140. The number of amides is 2. The molecule has 9 nitrogen and oxygen atoms in total. The molecule has 0 aromatic heterocycles. The van der Waals surface area contributed by atoms with E-state index in [1.54, 1.807) is 30.3 Å². The Morgan fingerprint density at radius 3 is 2.14 bits per heavy atom. The minimum atomic E-state index is -4.35. The van der Waals surface area contributed by atoms with Crippen molar-refractivity contribution in [3.8, 4) is 11.5 Å². The van der Waals surface area contributed by atoms with Gasteiger partial charge in [-0.15, -0.1) is 0 Å². The predicted molar refractivity (Wildman–Crippen MR) is 201 cm³/mol. The first-order valence-electron chi connectivity index (χ1n) is 17.2. The number of sulfonamides is 1. The number of methoxy groups -OCH3 is 2. The monoisotopic (exact) mass is 731 g/mol. The highest BCUT2D eigenvalue weighted by Gasteiger charge is 2.36. The Morgan fingerprint density at radius 1 is 0.824 bits per heavy atom. The van der Waals surface area contributed by atoms with Crippen LogP contribution in [0, 0.1) is 13.8 Å². The van der Waals surface area contributed by atoms with Gasteiger partial charge in [-0.2, -0.15) is 0 Å². The Morgan fingerprint density at radius 2 is 1.49 bits per heavy atom. The predicted octanol–water partition coefficient (Wildman–Crippen LogP) is 7.26. The van der Waals surface area contributed by atoms with E-state index < -0.39 is 28.5 Å². The molecule has 0 unspecified atom stereocenters. The fourth-order valence-electron chi connectivity index (χ4n) is 6.66. The molecule has 1 fully saturated rings. The number of hydrogen-bond donors (Lipinski definition) is 1. The van der Waals surface area contributed by atoms with E-state index in [0.717, 1.165) is 53.1 Å². The molecule has 4 aromatic carbocycles. The molecular weight excluding hydrogens is 686 g/mol. The van der Waals surface area contributed by atoms with Crippen LogP contribution in [0.4, 0.5) is 5.69 Å². The summed E-state index contributed by atoms with van der Waals surface area (Å²) in [7, 11) is -1.45. The maximum atomic E-state index is 14.9. The summed E-state index contributed by atoms with van der Waals surface area (Å²) in [6.07, 6.45) is 5.16. The number of hydrogen-bond acceptors (Lipinski definition) is 6. The first-order valence-corrected chi connectivity index (χ1v) is 19.0. The first kappa shape index (κ1) is 37.7. The zero-order chi connectivity index (χ0) is 36.5. The van der Waals surface area contributed by atoms with E-state index in [9.17, 15) is 18.0 Å². The van der Waals surface area contributed by atoms with Crippen LogP contribution in [0.15, 0.2) is 95.9 Å². The molecule has 0 radical (unpaired) electrons. The van der Waals surface area contributed by atoms with Gasteiger partial charge in [0.2, 0.25) is 11.8 Å². The molecule has 0 saturated heterocycles. The number of carbonyl (C=O) groups excluding carboxylic acids is 2. The summed E-state index contributed by atoms with van der Waals surface area (Å²) >= 11 is 6.39. The molecule has 0 bridgehead atoms. The Hall–Kier alpha value is -4.54. The van der Waals surface area contributed by atoms with E-state index >= 15 is 0 Å². The summed E-state index contributed by atoms with van der Waals surface area (Å²) in [4.78, 5) is 30.6. The molecule has 11 heteroatoms. The normalized spacial score (nSPS) is 14.0. The van der Waals surface area contributed by atoms with Crippen molar-refractivity contribution in [3.63, 3.8) is 0 Å². The van der Waals surface area contributed by atoms with Crippen LogP contribution in [0.5, 0.6) is 11.5 Å². The zero-order valence-electron chi connectivity index (χ0n) is 29.6. The van der Waals surface area contributed by atoms with Gasteiger partial charge in [-0.05, 0) is 85.3 Å². The highest BCUT2D eigenvalue weighted by atomic mass is 35.5. The molecule has 4 aromatic rings. The van der Waals surface area contributed by atoms with Gasteiger partial charge in [-0.25, -0.2) is 8.42 Å². The quantitative estimate of drug-likeness (QED) is 0.147. The summed E-state index contributed by atoms with van der Waals surface area (Å²) in [5.41, 5.74) is 3.56. The number of rotatable bonds is 14. The Balaban J connectivity index is 1.60. The van der Waals surface area contributed by atoms with Crippen LogP contribution in [0.3, 0.4) is 0 Å². The van der Waals surface area contributed by atoms with Crippen LogP contribution < -0.4 is 19.1 Å². The van der Waals surface area contributed by atoms with Crippen LogP contribution in [-0.4, -0.2) is 58.0 Å². The van der Waals surface area contributed by atoms with Crippen molar-refractivity contribution >= 4 is 39.1 Å². The topological polar surface area (TPSA) is 105 Å². The van der Waals surface area contributed by atoms with Crippen LogP contribution in [0.25, 0.3) is 0 Å². The lowest BCUT2D eigenvalue weighted by Gasteiger charge is -2.35. The summed E-state index contributed by atoms with van der Waals surface area (Å²) in [5.74, 6) is -0.221. The molecule has 1 saturated carbocycles. The summed E-state index contributed by atoms with van der Waals surface area (Å²) in [5, 5.41) is 3.72. The SMILES string of the molecule is COc1ccc(S(=O)(=O)N(CC(=O)N(Cc2cccc(Cl)c2)[C@@H](Cc2ccccc2)C(=O)NC2CCCCC2)c2cc(C)cc(C)c2)cc1OC. The van der Waals surface area contributed by atoms with Crippen molar-refractivity contribution in [1.82, 2.24) is 10.2 Å². The number of anilines is 1. The van der Waals surface area contributed by atoms with Crippen LogP contribution in [-0.2, 0) is 32.6 Å². The molecule has 51 heavy (non-hydrogen) atoms. The third-order valence-corrected chi connectivity index (χ3v) is 11.2. The van der Waals surface area contributed by atoms with E-state index in [1.807, 2.05) is 56.3 Å². The molecule has 0 heterocycles. The molecule has 5 rings (SSSR count). The van der Waals surface area contributed by atoms with Gasteiger partial charge in [0.25, 0.3) is 10.0 Å². The highest BCUT2D eigenvalue weighted by molar-refractivity contribution is 7.92. The van der Waals surface area contributed by atoms with Gasteiger partial charge in [0, 0.05) is 30.1 Å². The van der Waals surface area contributed by atoms with Crippen LogP contribution in [0.2, 0.25) is 5.02 Å². The van der Waals surface area contributed by atoms with Crippen molar-refractivity contribution in [3.05, 3.63) is 118 Å². The van der Waals surface area contributed by atoms with Crippen LogP contribution >= 0.6 is 11.6 Å². The smallest absolute Gasteiger partial charge is 0.264 e. The molecule has 2 amide bonds.